The summed E-state index contributed by atoms with van der Waals surface area (Å²) in [5.41, 5.74) is 0.397. The maximum Gasteiger partial charge on any atom is 0.224 e. The lowest BCUT2D eigenvalue weighted by Crippen LogP contribution is -2.16. The first-order valence-corrected chi connectivity index (χ1v) is 8.20. The Morgan fingerprint density at radius 1 is 0.962 bits per heavy atom. The lowest BCUT2D eigenvalue weighted by atomic mass is 10.0. The number of hydrogen-bond donors (Lipinski definition) is 1. The summed E-state index contributed by atoms with van der Waals surface area (Å²) in [5, 5.41) is 2.36. The Balaban J connectivity index is 1.49. The Hall–Kier alpha value is -2.96. The molecule has 0 bridgehead atoms. The molecule has 1 N–H and O–H groups in total. The number of ether oxygens (including phenoxy) is 2. The van der Waals surface area contributed by atoms with Crippen molar-refractivity contribution in [3.63, 3.8) is 0 Å². The number of anilines is 1. The zero-order valence-corrected chi connectivity index (χ0v) is 13.9. The summed E-state index contributed by atoms with van der Waals surface area (Å²) in [6.45, 7) is 0.912. The standard InChI is InChI=1S/C19H17F2NO4/c20-13-5-6-15(14(21)11-13)22-19(24)3-1-2-16(23)12-4-7-17-18(10-12)26-9-8-25-17/h4-7,10-11H,1-3,8-9H2,(H,22,24). The van der Waals surface area contributed by atoms with Gasteiger partial charge in [-0.15, -0.1) is 0 Å². The summed E-state index contributed by atoms with van der Waals surface area (Å²) >= 11 is 0. The summed E-state index contributed by atoms with van der Waals surface area (Å²) in [5.74, 6) is -0.982. The van der Waals surface area contributed by atoms with E-state index >= 15 is 0 Å². The van der Waals surface area contributed by atoms with Gasteiger partial charge in [0.1, 0.15) is 24.8 Å². The second kappa shape index (κ2) is 7.95. The van der Waals surface area contributed by atoms with Crippen molar-refractivity contribution in [1.29, 1.82) is 0 Å². The fourth-order valence-electron chi connectivity index (χ4n) is 2.57. The largest absolute Gasteiger partial charge is 0.486 e. The lowest BCUT2D eigenvalue weighted by Gasteiger charge is -2.18. The number of hydrogen-bond acceptors (Lipinski definition) is 4. The Morgan fingerprint density at radius 3 is 2.50 bits per heavy atom. The van der Waals surface area contributed by atoms with Crippen LogP contribution >= 0.6 is 0 Å². The number of Topliss-reactive ketones (excluding diaryl/α,β-unsaturated/α-hetero) is 1. The Labute approximate surface area is 148 Å². The number of halogens is 2. The molecule has 2 aromatic carbocycles. The van der Waals surface area contributed by atoms with E-state index in [2.05, 4.69) is 5.32 Å². The van der Waals surface area contributed by atoms with Crippen LogP contribution in [0.2, 0.25) is 0 Å². The number of amides is 1. The van der Waals surface area contributed by atoms with E-state index < -0.39 is 17.5 Å². The number of benzene rings is 2. The first-order chi connectivity index (χ1) is 12.5. The molecule has 0 saturated heterocycles. The van der Waals surface area contributed by atoms with Crippen molar-refractivity contribution in [2.45, 2.75) is 19.3 Å². The summed E-state index contributed by atoms with van der Waals surface area (Å²) in [6, 6.07) is 7.88. The fraction of sp³-hybridized carbons (Fsp3) is 0.263. The molecule has 0 aromatic heterocycles. The van der Waals surface area contributed by atoms with E-state index in [-0.39, 0.29) is 24.3 Å². The van der Waals surface area contributed by atoms with Gasteiger partial charge < -0.3 is 14.8 Å². The highest BCUT2D eigenvalue weighted by molar-refractivity contribution is 5.97. The average Bonchev–Trinajstić information content (AvgIpc) is 2.63. The molecule has 0 unspecified atom stereocenters. The van der Waals surface area contributed by atoms with Crippen LogP contribution < -0.4 is 14.8 Å². The molecule has 7 heteroatoms. The molecule has 1 heterocycles. The van der Waals surface area contributed by atoms with E-state index in [1.54, 1.807) is 18.2 Å². The van der Waals surface area contributed by atoms with Gasteiger partial charge in [0.25, 0.3) is 0 Å². The van der Waals surface area contributed by atoms with Crippen LogP contribution in [0, 0.1) is 11.6 Å². The third-order valence-electron chi connectivity index (χ3n) is 3.88. The molecule has 3 rings (SSSR count). The zero-order valence-electron chi connectivity index (χ0n) is 13.9. The normalized spacial score (nSPS) is 12.5. The molecular weight excluding hydrogens is 344 g/mol. The predicted molar refractivity (Wildman–Crippen MR) is 90.6 cm³/mol. The molecule has 1 aliphatic heterocycles. The molecule has 0 saturated carbocycles. The van der Waals surface area contributed by atoms with Gasteiger partial charge in [-0.25, -0.2) is 8.78 Å². The third kappa shape index (κ3) is 4.36. The smallest absolute Gasteiger partial charge is 0.224 e. The van der Waals surface area contributed by atoms with E-state index in [4.69, 9.17) is 9.47 Å². The monoisotopic (exact) mass is 361 g/mol. The first-order valence-electron chi connectivity index (χ1n) is 8.20. The summed E-state index contributed by atoms with van der Waals surface area (Å²) in [4.78, 5) is 24.1. The molecule has 136 valence electrons. The Bertz CT molecular complexity index is 838. The summed E-state index contributed by atoms with van der Waals surface area (Å²) < 4.78 is 37.2. The molecule has 0 atom stereocenters. The van der Waals surface area contributed by atoms with Gasteiger partial charge in [0.05, 0.1) is 5.69 Å². The van der Waals surface area contributed by atoms with Gasteiger partial charge in [0, 0.05) is 24.5 Å². The average molecular weight is 361 g/mol. The van der Waals surface area contributed by atoms with Gasteiger partial charge in [-0.05, 0) is 36.8 Å². The lowest BCUT2D eigenvalue weighted by molar-refractivity contribution is -0.116. The van der Waals surface area contributed by atoms with Crippen LogP contribution in [0.25, 0.3) is 0 Å². The molecule has 0 aliphatic carbocycles. The second-order valence-corrected chi connectivity index (χ2v) is 5.81. The zero-order chi connectivity index (χ0) is 18.5. The summed E-state index contributed by atoms with van der Waals surface area (Å²) in [7, 11) is 0. The van der Waals surface area contributed by atoms with Crippen molar-refractivity contribution < 1.29 is 27.8 Å². The van der Waals surface area contributed by atoms with Crippen molar-refractivity contribution in [3.8, 4) is 11.5 Å². The quantitative estimate of drug-likeness (QED) is 0.797. The summed E-state index contributed by atoms with van der Waals surface area (Å²) in [6.07, 6.45) is 0.522. The number of fused-ring (bicyclic) bond motifs is 1. The number of nitrogens with one attached hydrogen (secondary N) is 1. The van der Waals surface area contributed by atoms with Crippen molar-refractivity contribution in [1.82, 2.24) is 0 Å². The maximum absolute atomic E-state index is 13.5. The molecule has 26 heavy (non-hydrogen) atoms. The van der Waals surface area contributed by atoms with Crippen molar-refractivity contribution in [2.75, 3.05) is 18.5 Å². The van der Waals surface area contributed by atoms with Crippen LogP contribution in [0.15, 0.2) is 36.4 Å². The minimum Gasteiger partial charge on any atom is -0.486 e. The molecule has 1 amide bonds. The first kappa shape index (κ1) is 17.8. The molecule has 0 spiro atoms. The van der Waals surface area contributed by atoms with Gasteiger partial charge in [-0.3, -0.25) is 9.59 Å². The van der Waals surface area contributed by atoms with Crippen LogP contribution in [0.5, 0.6) is 11.5 Å². The van der Waals surface area contributed by atoms with Crippen molar-refractivity contribution >= 4 is 17.4 Å². The van der Waals surface area contributed by atoms with Gasteiger partial charge in [0.2, 0.25) is 5.91 Å². The predicted octanol–water partition coefficient (Wildman–Crippen LogP) is 3.73. The third-order valence-corrected chi connectivity index (χ3v) is 3.88. The Kier molecular flexibility index (Phi) is 5.46. The number of rotatable bonds is 6. The Morgan fingerprint density at radius 2 is 1.73 bits per heavy atom. The SMILES string of the molecule is O=C(CCCC(=O)c1ccc2c(c1)OCCO2)Nc1ccc(F)cc1F. The molecule has 0 radical (unpaired) electrons. The van der Waals surface area contributed by atoms with Gasteiger partial charge in [0.15, 0.2) is 17.3 Å². The van der Waals surface area contributed by atoms with Gasteiger partial charge >= 0.3 is 0 Å². The van der Waals surface area contributed by atoms with Crippen LogP contribution in [0.4, 0.5) is 14.5 Å². The van der Waals surface area contributed by atoms with E-state index in [0.717, 1.165) is 12.1 Å². The van der Waals surface area contributed by atoms with Crippen molar-refractivity contribution in [2.24, 2.45) is 0 Å². The highest BCUT2D eigenvalue weighted by Crippen LogP contribution is 2.31. The molecule has 5 nitrogen and oxygen atoms in total. The van der Waals surface area contributed by atoms with E-state index in [9.17, 15) is 18.4 Å². The molecule has 1 aliphatic rings. The minimum absolute atomic E-state index is 0.0487. The highest BCUT2D eigenvalue weighted by atomic mass is 19.1. The highest BCUT2D eigenvalue weighted by Gasteiger charge is 2.15. The van der Waals surface area contributed by atoms with Crippen molar-refractivity contribution in [3.05, 3.63) is 53.6 Å². The van der Waals surface area contributed by atoms with E-state index in [1.165, 1.54) is 0 Å². The van der Waals surface area contributed by atoms with Crippen LogP contribution in [-0.2, 0) is 4.79 Å². The molecular formula is C19H17F2NO4. The van der Waals surface area contributed by atoms with Crippen LogP contribution in [0.1, 0.15) is 29.6 Å². The minimum atomic E-state index is -0.842. The fourth-order valence-corrected chi connectivity index (χ4v) is 2.57. The second-order valence-electron chi connectivity index (χ2n) is 5.81. The van der Waals surface area contributed by atoms with E-state index in [0.29, 0.717) is 42.8 Å². The molecule has 2 aromatic rings. The topological polar surface area (TPSA) is 64.6 Å². The van der Waals surface area contributed by atoms with Crippen LogP contribution in [-0.4, -0.2) is 24.9 Å². The van der Waals surface area contributed by atoms with E-state index in [1.807, 2.05) is 0 Å². The molecule has 0 fully saturated rings. The number of carbonyl (C=O) groups is 2. The maximum atomic E-state index is 13.5. The number of carbonyl (C=O) groups excluding carboxylic acids is 2. The van der Waals surface area contributed by atoms with Gasteiger partial charge in [-0.1, -0.05) is 0 Å². The van der Waals surface area contributed by atoms with Gasteiger partial charge in [-0.2, -0.15) is 0 Å². The number of ketones is 1. The van der Waals surface area contributed by atoms with Crippen LogP contribution in [0.3, 0.4) is 0 Å².